The molecule has 1 rings (SSSR count). The number of benzene rings is 1. The van der Waals surface area contributed by atoms with Gasteiger partial charge in [0.15, 0.2) is 0 Å². The molecule has 0 aliphatic heterocycles. The molecule has 0 amide bonds. The maximum Gasteiger partial charge on any atom is 0.307 e. The van der Waals surface area contributed by atoms with E-state index >= 15 is 0 Å². The minimum absolute atomic E-state index is 0.212. The van der Waals surface area contributed by atoms with Gasteiger partial charge in [0, 0.05) is 0 Å². The average molecular weight is 220 g/mol. The van der Waals surface area contributed by atoms with Crippen molar-refractivity contribution in [1.82, 2.24) is 0 Å². The monoisotopic (exact) mass is 220 g/mol. The summed E-state index contributed by atoms with van der Waals surface area (Å²) in [5.41, 5.74) is 2.08. The maximum absolute atomic E-state index is 11.2. The van der Waals surface area contributed by atoms with Crippen molar-refractivity contribution >= 4 is 5.97 Å². The van der Waals surface area contributed by atoms with E-state index in [0.717, 1.165) is 5.56 Å². The highest BCUT2D eigenvalue weighted by Gasteiger charge is 2.30. The third kappa shape index (κ3) is 3.37. The van der Waals surface area contributed by atoms with Gasteiger partial charge in [-0.1, -0.05) is 50.6 Å². The standard InChI is InChI=1S/C14H20O2/c1-10-5-7-11(8-6-10)9-12(13(15)16)14(2,3)4/h5-8,12H,9H2,1-4H3,(H,15,16). The minimum Gasteiger partial charge on any atom is -0.481 e. The number of rotatable bonds is 3. The summed E-state index contributed by atoms with van der Waals surface area (Å²) in [7, 11) is 0. The molecule has 0 fully saturated rings. The first kappa shape index (κ1) is 12.8. The molecule has 0 aromatic heterocycles. The predicted molar refractivity (Wildman–Crippen MR) is 65.5 cm³/mol. The Morgan fingerprint density at radius 2 is 1.75 bits per heavy atom. The van der Waals surface area contributed by atoms with Crippen LogP contribution in [0.25, 0.3) is 0 Å². The van der Waals surface area contributed by atoms with Crippen LogP contribution in [0, 0.1) is 18.3 Å². The number of carboxylic acid groups (broad SMARTS) is 1. The third-order valence-corrected chi connectivity index (χ3v) is 2.90. The molecule has 0 saturated heterocycles. The predicted octanol–water partition coefficient (Wildman–Crippen LogP) is 3.28. The van der Waals surface area contributed by atoms with E-state index in [2.05, 4.69) is 0 Å². The molecule has 0 aliphatic carbocycles. The van der Waals surface area contributed by atoms with Gasteiger partial charge in [-0.25, -0.2) is 0 Å². The van der Waals surface area contributed by atoms with E-state index in [1.165, 1.54) is 5.56 Å². The van der Waals surface area contributed by atoms with Crippen LogP contribution < -0.4 is 0 Å². The first-order valence-electron chi connectivity index (χ1n) is 5.59. The lowest BCUT2D eigenvalue weighted by molar-refractivity contribution is -0.145. The molecule has 1 atom stereocenters. The fourth-order valence-electron chi connectivity index (χ4n) is 1.72. The molecule has 1 aromatic carbocycles. The van der Waals surface area contributed by atoms with Crippen molar-refractivity contribution in [3.63, 3.8) is 0 Å². The van der Waals surface area contributed by atoms with Crippen LogP contribution in [-0.4, -0.2) is 11.1 Å². The van der Waals surface area contributed by atoms with Crippen LogP contribution >= 0.6 is 0 Å². The number of hydrogen-bond acceptors (Lipinski definition) is 1. The molecule has 1 aromatic rings. The van der Waals surface area contributed by atoms with Crippen LogP contribution in [0.1, 0.15) is 31.9 Å². The Morgan fingerprint density at radius 1 is 1.25 bits per heavy atom. The Morgan fingerprint density at radius 3 is 2.12 bits per heavy atom. The van der Waals surface area contributed by atoms with E-state index in [1.807, 2.05) is 52.0 Å². The van der Waals surface area contributed by atoms with Crippen LogP contribution in [-0.2, 0) is 11.2 Å². The quantitative estimate of drug-likeness (QED) is 0.848. The lowest BCUT2D eigenvalue weighted by Crippen LogP contribution is -2.30. The Bertz CT molecular complexity index is 357. The molecule has 0 saturated carbocycles. The molecule has 2 nitrogen and oxygen atoms in total. The van der Waals surface area contributed by atoms with Gasteiger partial charge in [0.1, 0.15) is 0 Å². The smallest absolute Gasteiger partial charge is 0.307 e. The molecule has 2 heteroatoms. The second-order valence-electron chi connectivity index (χ2n) is 5.45. The van der Waals surface area contributed by atoms with Crippen molar-refractivity contribution in [2.75, 3.05) is 0 Å². The molecule has 0 bridgehead atoms. The fourth-order valence-corrected chi connectivity index (χ4v) is 1.72. The first-order valence-corrected chi connectivity index (χ1v) is 5.59. The summed E-state index contributed by atoms with van der Waals surface area (Å²) in [6.45, 7) is 7.95. The minimum atomic E-state index is -0.715. The molecular weight excluding hydrogens is 200 g/mol. The van der Waals surface area contributed by atoms with Crippen molar-refractivity contribution in [3.8, 4) is 0 Å². The van der Waals surface area contributed by atoms with E-state index in [1.54, 1.807) is 0 Å². The molecule has 0 heterocycles. The van der Waals surface area contributed by atoms with Gasteiger partial charge in [-0.2, -0.15) is 0 Å². The SMILES string of the molecule is Cc1ccc(CC(C(=O)O)C(C)(C)C)cc1. The van der Waals surface area contributed by atoms with E-state index in [0.29, 0.717) is 6.42 Å². The molecule has 0 spiro atoms. The second-order valence-corrected chi connectivity index (χ2v) is 5.45. The van der Waals surface area contributed by atoms with Crippen molar-refractivity contribution in [2.45, 2.75) is 34.1 Å². The highest BCUT2D eigenvalue weighted by molar-refractivity contribution is 5.71. The van der Waals surface area contributed by atoms with Gasteiger partial charge in [-0.05, 0) is 24.3 Å². The number of aryl methyl sites for hydroxylation is 1. The number of hydrogen-bond donors (Lipinski definition) is 1. The Balaban J connectivity index is 2.84. The van der Waals surface area contributed by atoms with Gasteiger partial charge in [0.05, 0.1) is 5.92 Å². The highest BCUT2D eigenvalue weighted by atomic mass is 16.4. The largest absolute Gasteiger partial charge is 0.481 e. The summed E-state index contributed by atoms with van der Waals surface area (Å²) in [6, 6.07) is 8.07. The normalized spacial score (nSPS) is 13.5. The molecule has 0 radical (unpaired) electrons. The van der Waals surface area contributed by atoms with Gasteiger partial charge in [0.25, 0.3) is 0 Å². The zero-order chi connectivity index (χ0) is 12.3. The first-order chi connectivity index (χ1) is 7.30. The average Bonchev–Trinajstić information content (AvgIpc) is 2.14. The van der Waals surface area contributed by atoms with Crippen molar-refractivity contribution in [1.29, 1.82) is 0 Å². The van der Waals surface area contributed by atoms with Crippen LogP contribution in [0.15, 0.2) is 24.3 Å². The molecule has 1 N–H and O–H groups in total. The van der Waals surface area contributed by atoms with Gasteiger partial charge in [-0.3, -0.25) is 4.79 Å². The Hall–Kier alpha value is -1.31. The summed E-state index contributed by atoms with van der Waals surface area (Å²) in [4.78, 5) is 11.2. The molecule has 0 aliphatic rings. The van der Waals surface area contributed by atoms with Gasteiger partial charge < -0.3 is 5.11 Å². The summed E-state index contributed by atoms with van der Waals surface area (Å²) >= 11 is 0. The van der Waals surface area contributed by atoms with Gasteiger partial charge >= 0.3 is 5.97 Å². The van der Waals surface area contributed by atoms with E-state index in [4.69, 9.17) is 0 Å². The van der Waals surface area contributed by atoms with Crippen LogP contribution in [0.5, 0.6) is 0 Å². The van der Waals surface area contributed by atoms with Crippen molar-refractivity contribution in [2.24, 2.45) is 11.3 Å². The van der Waals surface area contributed by atoms with E-state index in [-0.39, 0.29) is 11.3 Å². The Kier molecular flexibility index (Phi) is 3.74. The Labute approximate surface area is 97.3 Å². The lowest BCUT2D eigenvalue weighted by atomic mass is 9.77. The second kappa shape index (κ2) is 4.69. The summed E-state index contributed by atoms with van der Waals surface area (Å²) in [5.74, 6) is -1.05. The number of carboxylic acids is 1. The van der Waals surface area contributed by atoms with E-state index in [9.17, 15) is 9.90 Å². The third-order valence-electron chi connectivity index (χ3n) is 2.90. The molecule has 1 unspecified atom stereocenters. The van der Waals surface area contributed by atoms with Gasteiger partial charge in [0.2, 0.25) is 0 Å². The number of carbonyl (C=O) groups is 1. The number of aliphatic carboxylic acids is 1. The highest BCUT2D eigenvalue weighted by Crippen LogP contribution is 2.29. The molecule has 88 valence electrons. The topological polar surface area (TPSA) is 37.3 Å². The molecular formula is C14H20O2. The van der Waals surface area contributed by atoms with Crippen molar-refractivity contribution in [3.05, 3.63) is 35.4 Å². The van der Waals surface area contributed by atoms with Gasteiger partial charge in [-0.15, -0.1) is 0 Å². The summed E-state index contributed by atoms with van der Waals surface area (Å²) in [5, 5.41) is 9.22. The lowest BCUT2D eigenvalue weighted by Gasteiger charge is -2.27. The zero-order valence-corrected chi connectivity index (χ0v) is 10.4. The van der Waals surface area contributed by atoms with Crippen LogP contribution in [0.4, 0.5) is 0 Å². The van der Waals surface area contributed by atoms with Crippen LogP contribution in [0.3, 0.4) is 0 Å². The summed E-state index contributed by atoms with van der Waals surface area (Å²) in [6.07, 6.45) is 0.596. The fraction of sp³-hybridized carbons (Fsp3) is 0.500. The van der Waals surface area contributed by atoms with E-state index < -0.39 is 5.97 Å². The summed E-state index contributed by atoms with van der Waals surface area (Å²) < 4.78 is 0. The maximum atomic E-state index is 11.2. The molecule has 16 heavy (non-hydrogen) atoms. The van der Waals surface area contributed by atoms with Crippen molar-refractivity contribution < 1.29 is 9.90 Å². The zero-order valence-electron chi connectivity index (χ0n) is 10.4. The van der Waals surface area contributed by atoms with Crippen LogP contribution in [0.2, 0.25) is 0 Å².